The Hall–Kier alpha value is -3.05. The van der Waals surface area contributed by atoms with Gasteiger partial charge in [-0.15, -0.1) is 11.3 Å². The number of nitrogens with one attached hydrogen (secondary N) is 1. The van der Waals surface area contributed by atoms with E-state index in [4.69, 9.17) is 9.15 Å². The van der Waals surface area contributed by atoms with Gasteiger partial charge in [-0.2, -0.15) is 5.26 Å². The molecule has 1 N–H and O–H groups in total. The summed E-state index contributed by atoms with van der Waals surface area (Å²) in [6.45, 7) is 1.95. The van der Waals surface area contributed by atoms with Gasteiger partial charge in [0.05, 0.1) is 18.4 Å². The van der Waals surface area contributed by atoms with Crippen LogP contribution in [0, 0.1) is 17.2 Å². The number of ether oxygens (including phenoxy) is 1. The Morgan fingerprint density at radius 3 is 2.97 bits per heavy atom. The Balaban J connectivity index is 1.37. The fourth-order valence-electron chi connectivity index (χ4n) is 3.88. The van der Waals surface area contributed by atoms with Crippen LogP contribution >= 0.6 is 11.3 Å². The SMILES string of the molecule is N#Cc1c(NC(=O)/C=C/c2ccco2)sc2c1CCC(COC(=O)N1CCCC1)C2. The van der Waals surface area contributed by atoms with Crippen LogP contribution in [0.25, 0.3) is 6.08 Å². The number of thiophene rings is 1. The molecular weight excluding hydrogens is 402 g/mol. The van der Waals surface area contributed by atoms with Crippen LogP contribution in [0.5, 0.6) is 0 Å². The molecule has 0 saturated carbocycles. The van der Waals surface area contributed by atoms with E-state index in [2.05, 4.69) is 11.4 Å². The Morgan fingerprint density at radius 1 is 1.40 bits per heavy atom. The monoisotopic (exact) mass is 425 g/mol. The summed E-state index contributed by atoms with van der Waals surface area (Å²) < 4.78 is 10.7. The maximum Gasteiger partial charge on any atom is 0.409 e. The number of likely N-dealkylation sites (tertiary alicyclic amines) is 1. The number of furan rings is 1. The van der Waals surface area contributed by atoms with Gasteiger partial charge in [-0.3, -0.25) is 4.79 Å². The van der Waals surface area contributed by atoms with Gasteiger partial charge < -0.3 is 19.4 Å². The van der Waals surface area contributed by atoms with Crippen molar-refractivity contribution in [2.45, 2.75) is 32.1 Å². The molecule has 1 unspecified atom stereocenters. The predicted octanol–water partition coefficient (Wildman–Crippen LogP) is 4.20. The molecular formula is C22H23N3O4S. The third-order valence-corrected chi connectivity index (χ3v) is 6.63. The summed E-state index contributed by atoms with van der Waals surface area (Å²) >= 11 is 1.44. The second-order valence-electron chi connectivity index (χ2n) is 7.54. The third kappa shape index (κ3) is 4.57. The van der Waals surface area contributed by atoms with Gasteiger partial charge in [0.15, 0.2) is 0 Å². The molecule has 30 heavy (non-hydrogen) atoms. The minimum Gasteiger partial charge on any atom is -0.465 e. The number of amides is 2. The highest BCUT2D eigenvalue weighted by Crippen LogP contribution is 2.39. The Bertz CT molecular complexity index is 981. The molecule has 1 atom stereocenters. The number of fused-ring (bicyclic) bond motifs is 1. The topological polar surface area (TPSA) is 95.6 Å². The first-order chi connectivity index (χ1) is 14.6. The van der Waals surface area contributed by atoms with E-state index < -0.39 is 0 Å². The number of nitriles is 1. The molecule has 0 spiro atoms. The van der Waals surface area contributed by atoms with Crippen molar-refractivity contribution in [2.75, 3.05) is 25.0 Å². The van der Waals surface area contributed by atoms with Crippen LogP contribution in [0.15, 0.2) is 28.9 Å². The predicted molar refractivity (Wildman–Crippen MR) is 113 cm³/mol. The summed E-state index contributed by atoms with van der Waals surface area (Å²) in [5.74, 6) is 0.511. The molecule has 0 bridgehead atoms. The van der Waals surface area contributed by atoms with Crippen molar-refractivity contribution in [1.29, 1.82) is 5.26 Å². The lowest BCUT2D eigenvalue weighted by Gasteiger charge is -2.23. The molecule has 1 aliphatic heterocycles. The molecule has 1 fully saturated rings. The van der Waals surface area contributed by atoms with Crippen molar-refractivity contribution in [3.63, 3.8) is 0 Å². The summed E-state index contributed by atoms with van der Waals surface area (Å²) in [5, 5.41) is 13.0. The van der Waals surface area contributed by atoms with Crippen molar-refractivity contribution in [3.8, 4) is 6.07 Å². The molecule has 2 aliphatic rings. The van der Waals surface area contributed by atoms with Crippen molar-refractivity contribution in [1.82, 2.24) is 4.90 Å². The molecule has 156 valence electrons. The van der Waals surface area contributed by atoms with Crippen molar-refractivity contribution >= 4 is 34.4 Å². The Morgan fingerprint density at radius 2 is 2.23 bits per heavy atom. The zero-order valence-electron chi connectivity index (χ0n) is 16.6. The number of rotatable bonds is 5. The van der Waals surface area contributed by atoms with E-state index in [0.717, 1.165) is 55.6 Å². The first-order valence-corrected chi connectivity index (χ1v) is 10.9. The molecule has 2 aromatic rings. The van der Waals surface area contributed by atoms with Gasteiger partial charge in [-0.25, -0.2) is 4.79 Å². The smallest absolute Gasteiger partial charge is 0.409 e. The maximum atomic E-state index is 12.3. The third-order valence-electron chi connectivity index (χ3n) is 5.46. The van der Waals surface area contributed by atoms with Gasteiger partial charge in [0.25, 0.3) is 0 Å². The highest BCUT2D eigenvalue weighted by molar-refractivity contribution is 7.16. The Labute approximate surface area is 178 Å². The molecule has 2 aromatic heterocycles. The van der Waals surface area contributed by atoms with Crippen LogP contribution in [0.1, 0.15) is 41.0 Å². The molecule has 1 saturated heterocycles. The molecule has 4 rings (SSSR count). The molecule has 7 nitrogen and oxygen atoms in total. The molecule has 0 radical (unpaired) electrons. The van der Waals surface area contributed by atoms with Crippen molar-refractivity contribution in [2.24, 2.45) is 5.92 Å². The average Bonchev–Trinajstić information content (AvgIpc) is 3.51. The largest absolute Gasteiger partial charge is 0.465 e. The number of carbonyl (C=O) groups is 2. The van der Waals surface area contributed by atoms with Gasteiger partial charge in [0, 0.05) is 24.0 Å². The summed E-state index contributed by atoms with van der Waals surface area (Å²) in [4.78, 5) is 27.2. The van der Waals surface area contributed by atoms with Crippen LogP contribution in [0.2, 0.25) is 0 Å². The van der Waals surface area contributed by atoms with E-state index in [9.17, 15) is 14.9 Å². The number of hydrogen-bond donors (Lipinski definition) is 1. The van der Waals surface area contributed by atoms with Crippen LogP contribution < -0.4 is 5.32 Å². The molecule has 2 amide bonds. The standard InChI is InChI=1S/C22H23N3O4S/c23-13-18-17-7-5-15(14-29-22(27)25-9-1-2-10-25)12-19(17)30-21(18)24-20(26)8-6-16-4-3-11-28-16/h3-4,6,8,11,15H,1-2,5,7,9-10,12,14H2,(H,24,26)/b8-6+. The second kappa shape index (κ2) is 9.18. The van der Waals surface area contributed by atoms with E-state index in [-0.39, 0.29) is 17.9 Å². The lowest BCUT2D eigenvalue weighted by Crippen LogP contribution is -2.30. The minimum absolute atomic E-state index is 0.224. The summed E-state index contributed by atoms with van der Waals surface area (Å²) in [6.07, 6.45) is 8.73. The van der Waals surface area contributed by atoms with E-state index in [0.29, 0.717) is 22.9 Å². The zero-order chi connectivity index (χ0) is 20.9. The fourth-order valence-corrected chi connectivity index (χ4v) is 5.20. The number of anilines is 1. The Kier molecular flexibility index (Phi) is 6.19. The zero-order valence-corrected chi connectivity index (χ0v) is 17.4. The first kappa shape index (κ1) is 20.2. The van der Waals surface area contributed by atoms with Gasteiger partial charge in [-0.05, 0) is 61.8 Å². The molecule has 1 aliphatic carbocycles. The summed E-state index contributed by atoms with van der Waals surface area (Å²) in [5.41, 5.74) is 1.55. The maximum absolute atomic E-state index is 12.3. The van der Waals surface area contributed by atoms with E-state index in [1.807, 2.05) is 0 Å². The lowest BCUT2D eigenvalue weighted by molar-refractivity contribution is -0.111. The molecule has 3 heterocycles. The van der Waals surface area contributed by atoms with Crippen LogP contribution in [-0.2, 0) is 22.4 Å². The highest BCUT2D eigenvalue weighted by Gasteiger charge is 2.28. The van der Waals surface area contributed by atoms with Gasteiger partial charge in [-0.1, -0.05) is 0 Å². The van der Waals surface area contributed by atoms with Crippen LogP contribution in [0.3, 0.4) is 0 Å². The van der Waals surface area contributed by atoms with Crippen molar-refractivity contribution in [3.05, 3.63) is 46.2 Å². The molecule has 8 heteroatoms. The van der Waals surface area contributed by atoms with E-state index >= 15 is 0 Å². The highest BCUT2D eigenvalue weighted by atomic mass is 32.1. The fraction of sp³-hybridized carbons (Fsp3) is 0.409. The second-order valence-corrected chi connectivity index (χ2v) is 8.64. The first-order valence-electron chi connectivity index (χ1n) is 10.1. The number of nitrogens with zero attached hydrogens (tertiary/aromatic N) is 2. The van der Waals surface area contributed by atoms with E-state index in [1.165, 1.54) is 23.7 Å². The van der Waals surface area contributed by atoms with Crippen molar-refractivity contribution < 1.29 is 18.7 Å². The number of carbonyl (C=O) groups excluding carboxylic acids is 2. The quantitative estimate of drug-likeness (QED) is 0.724. The summed E-state index contributed by atoms with van der Waals surface area (Å²) in [7, 11) is 0. The number of hydrogen-bond acceptors (Lipinski definition) is 6. The average molecular weight is 426 g/mol. The molecule has 0 aromatic carbocycles. The summed E-state index contributed by atoms with van der Waals surface area (Å²) in [6, 6.07) is 5.74. The van der Waals surface area contributed by atoms with Gasteiger partial charge in [0.2, 0.25) is 5.91 Å². The van der Waals surface area contributed by atoms with E-state index in [1.54, 1.807) is 23.1 Å². The van der Waals surface area contributed by atoms with Crippen LogP contribution in [-0.4, -0.2) is 36.6 Å². The normalized spacial score (nSPS) is 18.2. The van der Waals surface area contributed by atoms with Gasteiger partial charge in [0.1, 0.15) is 16.8 Å². The van der Waals surface area contributed by atoms with Gasteiger partial charge >= 0.3 is 6.09 Å². The lowest BCUT2D eigenvalue weighted by atomic mass is 9.88. The minimum atomic E-state index is -0.308. The van der Waals surface area contributed by atoms with Crippen LogP contribution in [0.4, 0.5) is 9.80 Å².